The molecular formula is C19H19N2O2S+. The number of fused-ring (bicyclic) bond motifs is 2. The highest BCUT2D eigenvalue weighted by Crippen LogP contribution is 2.42. The van der Waals surface area contributed by atoms with Gasteiger partial charge in [-0.25, -0.2) is 4.90 Å². The van der Waals surface area contributed by atoms with Gasteiger partial charge in [0.25, 0.3) is 11.8 Å². The van der Waals surface area contributed by atoms with Gasteiger partial charge in [-0.2, -0.15) is 0 Å². The lowest BCUT2D eigenvalue weighted by Gasteiger charge is -2.34. The molecule has 1 aromatic heterocycles. The fraction of sp³-hybridized carbons (Fsp3) is 0.368. The van der Waals surface area contributed by atoms with E-state index in [9.17, 15) is 9.59 Å². The Kier molecular flexibility index (Phi) is 3.15. The first kappa shape index (κ1) is 14.4. The van der Waals surface area contributed by atoms with Crippen molar-refractivity contribution in [1.82, 2.24) is 4.90 Å². The van der Waals surface area contributed by atoms with Crippen LogP contribution in [0.3, 0.4) is 0 Å². The Morgan fingerprint density at radius 2 is 1.79 bits per heavy atom. The highest BCUT2D eigenvalue weighted by atomic mass is 32.1. The molecule has 1 fully saturated rings. The second-order valence-electron chi connectivity index (χ2n) is 7.01. The van der Waals surface area contributed by atoms with Gasteiger partial charge in [0.2, 0.25) is 0 Å². The van der Waals surface area contributed by atoms with Crippen LogP contribution in [0.4, 0.5) is 0 Å². The zero-order valence-electron chi connectivity index (χ0n) is 13.3. The van der Waals surface area contributed by atoms with Crippen molar-refractivity contribution in [2.75, 3.05) is 13.2 Å². The van der Waals surface area contributed by atoms with Crippen LogP contribution >= 0.6 is 11.3 Å². The van der Waals surface area contributed by atoms with Crippen LogP contribution in [0.25, 0.3) is 0 Å². The molecule has 2 aliphatic heterocycles. The van der Waals surface area contributed by atoms with Crippen molar-refractivity contribution in [3.63, 3.8) is 0 Å². The molecule has 5 heteroatoms. The minimum atomic E-state index is -0.131. The van der Waals surface area contributed by atoms with E-state index in [0.29, 0.717) is 29.8 Å². The lowest BCUT2D eigenvalue weighted by molar-refractivity contribution is -0.942. The van der Waals surface area contributed by atoms with E-state index in [1.54, 1.807) is 12.1 Å². The molecule has 2 amide bonds. The van der Waals surface area contributed by atoms with Crippen molar-refractivity contribution >= 4 is 23.2 Å². The normalized spacial score (nSPS) is 25.8. The summed E-state index contributed by atoms with van der Waals surface area (Å²) in [4.78, 5) is 29.7. The molecule has 0 radical (unpaired) electrons. The van der Waals surface area contributed by atoms with Crippen molar-refractivity contribution in [1.29, 1.82) is 0 Å². The predicted molar refractivity (Wildman–Crippen MR) is 91.1 cm³/mol. The third-order valence-corrected chi connectivity index (χ3v) is 6.56. The molecule has 5 rings (SSSR count). The molecule has 1 unspecified atom stereocenters. The van der Waals surface area contributed by atoms with Crippen molar-refractivity contribution in [2.45, 2.75) is 25.3 Å². The quantitative estimate of drug-likeness (QED) is 0.868. The predicted octanol–water partition coefficient (Wildman–Crippen LogP) is 1.89. The van der Waals surface area contributed by atoms with Crippen LogP contribution in [0.1, 0.15) is 50.0 Å². The number of nitrogens with one attached hydrogen (secondary N) is 1. The summed E-state index contributed by atoms with van der Waals surface area (Å²) in [5, 5.41) is 2.19. The third-order valence-electron chi connectivity index (χ3n) is 5.56. The average Bonchev–Trinajstić information content (AvgIpc) is 3.28. The number of hydrogen-bond donors (Lipinski definition) is 1. The summed E-state index contributed by atoms with van der Waals surface area (Å²) in [7, 11) is 0. The number of nitrogens with zero attached hydrogens (tertiary/aromatic N) is 1. The first-order chi connectivity index (χ1) is 11.7. The number of hydrogen-bond acceptors (Lipinski definition) is 3. The molecule has 3 heterocycles. The van der Waals surface area contributed by atoms with Crippen LogP contribution in [-0.2, 0) is 6.42 Å². The summed E-state index contributed by atoms with van der Waals surface area (Å²) in [6.45, 7) is 1.49. The van der Waals surface area contributed by atoms with Crippen molar-refractivity contribution in [3.8, 4) is 0 Å². The molecule has 2 aromatic rings. The van der Waals surface area contributed by atoms with Gasteiger partial charge in [0, 0.05) is 22.8 Å². The average molecular weight is 339 g/mol. The van der Waals surface area contributed by atoms with Gasteiger partial charge in [0.05, 0.1) is 17.7 Å². The van der Waals surface area contributed by atoms with E-state index >= 15 is 0 Å². The lowest BCUT2D eigenvalue weighted by atomic mass is 9.96. The molecular weight excluding hydrogens is 320 g/mol. The van der Waals surface area contributed by atoms with Crippen LogP contribution in [0.5, 0.6) is 0 Å². The van der Waals surface area contributed by atoms with Crippen molar-refractivity contribution < 1.29 is 14.5 Å². The van der Waals surface area contributed by atoms with E-state index in [0.717, 1.165) is 13.0 Å². The van der Waals surface area contributed by atoms with Gasteiger partial charge in [0.15, 0.2) is 6.67 Å². The molecule has 3 aliphatic rings. The van der Waals surface area contributed by atoms with E-state index in [4.69, 9.17) is 0 Å². The topological polar surface area (TPSA) is 41.8 Å². The van der Waals surface area contributed by atoms with Gasteiger partial charge < -0.3 is 4.90 Å². The molecule has 0 bridgehead atoms. The van der Waals surface area contributed by atoms with E-state index in [1.165, 1.54) is 33.1 Å². The first-order valence-electron chi connectivity index (χ1n) is 8.60. The Balaban J connectivity index is 1.44. The maximum absolute atomic E-state index is 12.7. The van der Waals surface area contributed by atoms with Gasteiger partial charge in [-0.3, -0.25) is 9.59 Å². The minimum absolute atomic E-state index is 0.131. The molecule has 24 heavy (non-hydrogen) atoms. The molecule has 2 atom stereocenters. The van der Waals surface area contributed by atoms with Crippen LogP contribution in [0, 0.1) is 5.92 Å². The summed E-state index contributed by atoms with van der Waals surface area (Å²) >= 11 is 1.85. The van der Waals surface area contributed by atoms with Gasteiger partial charge in [-0.1, -0.05) is 12.1 Å². The molecule has 1 aliphatic carbocycles. The summed E-state index contributed by atoms with van der Waals surface area (Å²) in [5.74, 6) is 0.450. The van der Waals surface area contributed by atoms with Crippen LogP contribution < -0.4 is 4.90 Å². The number of imide groups is 1. The van der Waals surface area contributed by atoms with Gasteiger partial charge in [-0.15, -0.1) is 11.3 Å². The van der Waals surface area contributed by atoms with Crippen molar-refractivity contribution in [3.05, 3.63) is 57.3 Å². The minimum Gasteiger partial charge on any atom is -0.311 e. The molecule has 1 saturated carbocycles. The number of thiophene rings is 1. The summed E-state index contributed by atoms with van der Waals surface area (Å²) in [6, 6.07) is 9.87. The SMILES string of the molecule is O=C1c2ccccc2C(=O)N1C[NH+]1CCc2sccc2[C@@H]1C1CC1. The van der Waals surface area contributed by atoms with Crippen LogP contribution in [-0.4, -0.2) is 29.9 Å². The number of carbonyl (C=O) groups is 2. The fourth-order valence-electron chi connectivity index (χ4n) is 4.26. The fourth-order valence-corrected chi connectivity index (χ4v) is 5.19. The number of benzene rings is 1. The number of amides is 2. The first-order valence-corrected chi connectivity index (χ1v) is 9.48. The maximum Gasteiger partial charge on any atom is 0.265 e. The molecule has 1 aromatic carbocycles. The molecule has 4 nitrogen and oxygen atoms in total. The van der Waals surface area contributed by atoms with E-state index in [2.05, 4.69) is 11.4 Å². The Hall–Kier alpha value is -1.98. The molecule has 122 valence electrons. The van der Waals surface area contributed by atoms with Gasteiger partial charge in [-0.05, 0) is 36.4 Å². The highest BCUT2D eigenvalue weighted by Gasteiger charge is 2.46. The Labute approximate surface area is 144 Å². The summed E-state index contributed by atoms with van der Waals surface area (Å²) in [6.07, 6.45) is 3.59. The van der Waals surface area contributed by atoms with E-state index in [1.807, 2.05) is 23.5 Å². The molecule has 0 saturated heterocycles. The van der Waals surface area contributed by atoms with Gasteiger partial charge in [0.1, 0.15) is 6.04 Å². The number of carbonyl (C=O) groups excluding carboxylic acids is 2. The maximum atomic E-state index is 12.7. The smallest absolute Gasteiger partial charge is 0.265 e. The number of rotatable bonds is 3. The standard InChI is InChI=1S/C19H18N2O2S/c22-18-13-3-1-2-4-14(13)19(23)21(18)11-20-9-7-16-15(8-10-24-16)17(20)12-5-6-12/h1-4,8,10,12,17H,5-7,9,11H2/p+1/t17-/m0/s1. The second kappa shape index (κ2) is 5.26. The van der Waals surface area contributed by atoms with Crippen LogP contribution in [0.2, 0.25) is 0 Å². The Morgan fingerprint density at radius 3 is 2.46 bits per heavy atom. The van der Waals surface area contributed by atoms with E-state index < -0.39 is 0 Å². The Bertz CT molecular complexity index is 804. The zero-order valence-corrected chi connectivity index (χ0v) is 14.1. The molecule has 1 N–H and O–H groups in total. The largest absolute Gasteiger partial charge is 0.311 e. The Morgan fingerprint density at radius 1 is 1.08 bits per heavy atom. The summed E-state index contributed by atoms with van der Waals surface area (Å²) < 4.78 is 0. The van der Waals surface area contributed by atoms with Crippen molar-refractivity contribution in [2.24, 2.45) is 5.92 Å². The zero-order chi connectivity index (χ0) is 16.3. The summed E-state index contributed by atoms with van der Waals surface area (Å²) in [5.41, 5.74) is 2.57. The van der Waals surface area contributed by atoms with Gasteiger partial charge >= 0.3 is 0 Å². The third kappa shape index (κ3) is 2.08. The second-order valence-corrected chi connectivity index (χ2v) is 8.02. The highest BCUT2D eigenvalue weighted by molar-refractivity contribution is 7.10. The number of quaternary nitrogens is 1. The molecule has 0 spiro atoms. The monoisotopic (exact) mass is 339 g/mol. The van der Waals surface area contributed by atoms with E-state index in [-0.39, 0.29) is 11.8 Å². The lowest BCUT2D eigenvalue weighted by Crippen LogP contribution is -3.15. The van der Waals surface area contributed by atoms with Crippen LogP contribution in [0.15, 0.2) is 35.7 Å².